The average molecular weight is 270 g/mol. The van der Waals surface area contributed by atoms with Crippen molar-refractivity contribution in [3.63, 3.8) is 0 Å². The summed E-state index contributed by atoms with van der Waals surface area (Å²) in [5.74, 6) is 1.67. The summed E-state index contributed by atoms with van der Waals surface area (Å²) < 4.78 is 0. The molecule has 0 bridgehead atoms. The van der Waals surface area contributed by atoms with Crippen LogP contribution in [0.25, 0.3) is 0 Å². The molecule has 0 saturated heterocycles. The summed E-state index contributed by atoms with van der Waals surface area (Å²) in [5.41, 5.74) is 3.60. The van der Waals surface area contributed by atoms with E-state index in [0.29, 0.717) is 0 Å². The van der Waals surface area contributed by atoms with Gasteiger partial charge in [-0.25, -0.2) is 9.97 Å². The third kappa shape index (κ3) is 3.70. The second kappa shape index (κ2) is 6.89. The zero-order valence-electron chi connectivity index (χ0n) is 12.4. The minimum absolute atomic E-state index is 0.813. The van der Waals surface area contributed by atoms with E-state index < -0.39 is 0 Å². The topological polar surface area (TPSA) is 49.8 Å². The molecule has 0 amide bonds. The van der Waals surface area contributed by atoms with Gasteiger partial charge in [0.15, 0.2) is 0 Å². The summed E-state index contributed by atoms with van der Waals surface area (Å²) >= 11 is 0. The summed E-state index contributed by atoms with van der Waals surface area (Å²) in [7, 11) is 0. The first-order valence-corrected chi connectivity index (χ1v) is 7.10. The van der Waals surface area contributed by atoms with Crippen molar-refractivity contribution in [3.8, 4) is 0 Å². The first kappa shape index (κ1) is 14.3. The summed E-state index contributed by atoms with van der Waals surface area (Å²) in [6, 6.07) is 8.16. The third-order valence-electron chi connectivity index (χ3n) is 3.37. The van der Waals surface area contributed by atoms with Crippen LogP contribution in [0.3, 0.4) is 0 Å². The average Bonchev–Trinajstić information content (AvgIpc) is 2.45. The maximum atomic E-state index is 4.27. The van der Waals surface area contributed by atoms with Gasteiger partial charge in [0.2, 0.25) is 0 Å². The van der Waals surface area contributed by atoms with Gasteiger partial charge in [0.1, 0.15) is 18.0 Å². The van der Waals surface area contributed by atoms with Gasteiger partial charge in [0.25, 0.3) is 0 Å². The molecule has 2 rings (SSSR count). The Bertz CT molecular complexity index is 566. The number of unbranched alkanes of at least 4 members (excludes halogenated alkanes) is 1. The van der Waals surface area contributed by atoms with Crippen molar-refractivity contribution in [1.29, 1.82) is 0 Å². The van der Waals surface area contributed by atoms with E-state index >= 15 is 0 Å². The summed E-state index contributed by atoms with van der Waals surface area (Å²) in [6.45, 7) is 7.34. The molecule has 0 unspecified atom stereocenters. The van der Waals surface area contributed by atoms with Gasteiger partial charge in [0, 0.05) is 18.3 Å². The number of anilines is 3. The molecule has 1 aromatic carbocycles. The van der Waals surface area contributed by atoms with Crippen molar-refractivity contribution in [2.75, 3.05) is 17.2 Å². The van der Waals surface area contributed by atoms with Gasteiger partial charge >= 0.3 is 0 Å². The molecule has 0 saturated carbocycles. The fraction of sp³-hybridized carbons (Fsp3) is 0.375. The highest BCUT2D eigenvalue weighted by molar-refractivity contribution is 5.63. The molecule has 2 N–H and O–H groups in total. The van der Waals surface area contributed by atoms with Crippen molar-refractivity contribution in [1.82, 2.24) is 9.97 Å². The number of nitrogens with one attached hydrogen (secondary N) is 2. The minimum Gasteiger partial charge on any atom is -0.370 e. The van der Waals surface area contributed by atoms with Gasteiger partial charge in [-0.1, -0.05) is 25.5 Å². The fourth-order valence-electron chi connectivity index (χ4n) is 1.94. The Balaban J connectivity index is 2.09. The first-order chi connectivity index (χ1) is 9.70. The lowest BCUT2D eigenvalue weighted by atomic mass is 10.1. The van der Waals surface area contributed by atoms with E-state index in [1.807, 2.05) is 12.1 Å². The van der Waals surface area contributed by atoms with Gasteiger partial charge in [-0.05, 0) is 37.5 Å². The van der Waals surface area contributed by atoms with Crippen molar-refractivity contribution < 1.29 is 0 Å². The predicted molar refractivity (Wildman–Crippen MR) is 84.6 cm³/mol. The summed E-state index contributed by atoms with van der Waals surface area (Å²) in [6.07, 6.45) is 3.90. The van der Waals surface area contributed by atoms with Crippen LogP contribution in [0.15, 0.2) is 30.6 Å². The number of nitrogens with zero attached hydrogens (tertiary/aromatic N) is 2. The van der Waals surface area contributed by atoms with Crippen LogP contribution in [-0.2, 0) is 0 Å². The zero-order chi connectivity index (χ0) is 14.4. The van der Waals surface area contributed by atoms with Gasteiger partial charge in [-0.3, -0.25) is 0 Å². The van der Waals surface area contributed by atoms with Crippen LogP contribution < -0.4 is 10.6 Å². The SMILES string of the molecule is CCCCNc1cc(Nc2cccc(C)c2C)ncn1. The zero-order valence-corrected chi connectivity index (χ0v) is 12.4. The van der Waals surface area contributed by atoms with Crippen LogP contribution in [-0.4, -0.2) is 16.5 Å². The van der Waals surface area contributed by atoms with Crippen molar-refractivity contribution in [2.45, 2.75) is 33.6 Å². The predicted octanol–water partition coefficient (Wildman–Crippen LogP) is 4.05. The molecular weight excluding hydrogens is 248 g/mol. The molecule has 4 nitrogen and oxygen atoms in total. The third-order valence-corrected chi connectivity index (χ3v) is 3.37. The fourth-order valence-corrected chi connectivity index (χ4v) is 1.94. The molecule has 106 valence electrons. The Morgan fingerprint density at radius 3 is 2.70 bits per heavy atom. The van der Waals surface area contributed by atoms with E-state index in [0.717, 1.165) is 30.3 Å². The highest BCUT2D eigenvalue weighted by Gasteiger charge is 2.03. The van der Waals surface area contributed by atoms with E-state index in [-0.39, 0.29) is 0 Å². The Kier molecular flexibility index (Phi) is 4.93. The highest BCUT2D eigenvalue weighted by atomic mass is 15.1. The molecule has 0 spiro atoms. The smallest absolute Gasteiger partial charge is 0.135 e. The van der Waals surface area contributed by atoms with Crippen LogP contribution >= 0.6 is 0 Å². The maximum Gasteiger partial charge on any atom is 0.135 e. The van der Waals surface area contributed by atoms with Crippen molar-refractivity contribution in [2.24, 2.45) is 0 Å². The molecule has 0 radical (unpaired) electrons. The molecule has 2 aromatic rings. The number of aromatic nitrogens is 2. The molecule has 0 atom stereocenters. The first-order valence-electron chi connectivity index (χ1n) is 7.10. The standard InChI is InChI=1S/C16H22N4/c1-4-5-9-17-15-10-16(19-11-18-15)20-14-8-6-7-12(2)13(14)3/h6-8,10-11H,4-5,9H2,1-3H3,(H2,17,18,19,20). The number of hydrogen-bond acceptors (Lipinski definition) is 4. The van der Waals surface area contributed by atoms with E-state index in [4.69, 9.17) is 0 Å². The lowest BCUT2D eigenvalue weighted by Crippen LogP contribution is -2.04. The Labute approximate surface area is 120 Å². The monoisotopic (exact) mass is 270 g/mol. The van der Waals surface area contributed by atoms with Crippen LogP contribution in [0.5, 0.6) is 0 Å². The Morgan fingerprint density at radius 2 is 1.90 bits per heavy atom. The Morgan fingerprint density at radius 1 is 1.10 bits per heavy atom. The van der Waals surface area contributed by atoms with E-state index in [1.54, 1.807) is 6.33 Å². The lowest BCUT2D eigenvalue weighted by molar-refractivity contribution is 0.830. The molecule has 0 fully saturated rings. The van der Waals surface area contributed by atoms with Crippen molar-refractivity contribution in [3.05, 3.63) is 41.7 Å². The second-order valence-corrected chi connectivity index (χ2v) is 4.94. The van der Waals surface area contributed by atoms with Gasteiger partial charge in [0.05, 0.1) is 0 Å². The van der Waals surface area contributed by atoms with Crippen LogP contribution in [0, 0.1) is 13.8 Å². The minimum atomic E-state index is 0.813. The maximum absolute atomic E-state index is 4.27. The van der Waals surface area contributed by atoms with E-state index in [9.17, 15) is 0 Å². The quantitative estimate of drug-likeness (QED) is 0.777. The molecule has 4 heteroatoms. The largest absolute Gasteiger partial charge is 0.370 e. The molecule has 0 aliphatic rings. The lowest BCUT2D eigenvalue weighted by Gasteiger charge is -2.11. The number of benzene rings is 1. The van der Waals surface area contributed by atoms with E-state index in [1.165, 1.54) is 17.5 Å². The molecule has 20 heavy (non-hydrogen) atoms. The van der Waals surface area contributed by atoms with Crippen molar-refractivity contribution >= 4 is 17.3 Å². The van der Waals surface area contributed by atoms with Gasteiger partial charge in [-0.2, -0.15) is 0 Å². The van der Waals surface area contributed by atoms with E-state index in [2.05, 4.69) is 53.5 Å². The highest BCUT2D eigenvalue weighted by Crippen LogP contribution is 2.22. The molecule has 1 heterocycles. The molecular formula is C16H22N4. The van der Waals surface area contributed by atoms with Crippen LogP contribution in [0.1, 0.15) is 30.9 Å². The van der Waals surface area contributed by atoms with Crippen LogP contribution in [0.2, 0.25) is 0 Å². The Hall–Kier alpha value is -2.10. The molecule has 0 aliphatic carbocycles. The van der Waals surface area contributed by atoms with Crippen LogP contribution in [0.4, 0.5) is 17.3 Å². The second-order valence-electron chi connectivity index (χ2n) is 4.94. The molecule has 0 aliphatic heterocycles. The summed E-state index contributed by atoms with van der Waals surface area (Å²) in [4.78, 5) is 8.50. The summed E-state index contributed by atoms with van der Waals surface area (Å²) in [5, 5.41) is 6.66. The molecule has 1 aromatic heterocycles. The van der Waals surface area contributed by atoms with Gasteiger partial charge in [-0.15, -0.1) is 0 Å². The normalized spacial score (nSPS) is 10.3. The number of hydrogen-bond donors (Lipinski definition) is 2. The number of aryl methyl sites for hydroxylation is 1. The van der Waals surface area contributed by atoms with Gasteiger partial charge < -0.3 is 10.6 Å². The number of rotatable bonds is 6.